The summed E-state index contributed by atoms with van der Waals surface area (Å²) in [4.78, 5) is 11.8. The molecule has 0 saturated heterocycles. The van der Waals surface area contributed by atoms with Gasteiger partial charge in [-0.2, -0.15) is 0 Å². The van der Waals surface area contributed by atoms with Crippen molar-refractivity contribution in [3.8, 4) is 0 Å². The van der Waals surface area contributed by atoms with Crippen molar-refractivity contribution in [3.05, 3.63) is 24.2 Å². The summed E-state index contributed by atoms with van der Waals surface area (Å²) in [5, 5.41) is 12.0. The predicted octanol–water partition coefficient (Wildman–Crippen LogP) is 4.75. The first kappa shape index (κ1) is 19.5. The first-order valence-corrected chi connectivity index (χ1v) is 10.0. The first-order valence-electron chi connectivity index (χ1n) is 10.0. The lowest BCUT2D eigenvalue weighted by molar-refractivity contribution is -0.249. The van der Waals surface area contributed by atoms with Crippen LogP contribution in [0.4, 0.5) is 0 Å². The van der Waals surface area contributed by atoms with Gasteiger partial charge < -0.3 is 14.3 Å². The Bertz CT molecular complexity index is 635. The number of hydrogen-bond donors (Lipinski definition) is 1. The Labute approximate surface area is 157 Å². The summed E-state index contributed by atoms with van der Waals surface area (Å²) in [6.45, 7) is 10.4. The van der Waals surface area contributed by atoms with E-state index in [0.717, 1.165) is 37.7 Å². The van der Waals surface area contributed by atoms with Gasteiger partial charge in [-0.05, 0) is 55.1 Å². The van der Waals surface area contributed by atoms with E-state index in [1.54, 1.807) is 12.5 Å². The van der Waals surface area contributed by atoms with Crippen LogP contribution in [-0.2, 0) is 16.0 Å². The van der Waals surface area contributed by atoms with Crippen molar-refractivity contribution in [2.45, 2.75) is 84.8 Å². The number of esters is 1. The summed E-state index contributed by atoms with van der Waals surface area (Å²) in [5.41, 5.74) is 0.124. The minimum atomic E-state index is -0.775. The van der Waals surface area contributed by atoms with Gasteiger partial charge in [0, 0.05) is 18.3 Å². The van der Waals surface area contributed by atoms with Crippen LogP contribution in [0.15, 0.2) is 23.0 Å². The van der Waals surface area contributed by atoms with Crippen LogP contribution in [0.3, 0.4) is 0 Å². The van der Waals surface area contributed by atoms with Gasteiger partial charge in [0.05, 0.1) is 18.1 Å². The highest BCUT2D eigenvalue weighted by molar-refractivity contribution is 5.66. The largest absolute Gasteiger partial charge is 0.472 e. The van der Waals surface area contributed by atoms with Crippen LogP contribution in [0.2, 0.25) is 0 Å². The standard InChI is InChI=1S/C22H34O4/c1-15-13-18(26-16(2)23)19-20(3,4)9-6-10-21(19,5)22(15,24)11-7-17-8-12-25-14-17/h8,12,14-15,18-19,24H,6-7,9-11,13H2,1-5H3/t15?,18-,19?,21+,22-/m1/s1. The van der Waals surface area contributed by atoms with Crippen LogP contribution < -0.4 is 0 Å². The smallest absolute Gasteiger partial charge is 0.302 e. The maximum atomic E-state index is 12.0. The summed E-state index contributed by atoms with van der Waals surface area (Å²) in [7, 11) is 0. The molecule has 2 aliphatic rings. The van der Waals surface area contributed by atoms with E-state index in [1.165, 1.54) is 6.92 Å². The highest BCUT2D eigenvalue weighted by atomic mass is 16.5. The topological polar surface area (TPSA) is 59.7 Å². The van der Waals surface area contributed by atoms with Crippen LogP contribution in [-0.4, -0.2) is 22.8 Å². The van der Waals surface area contributed by atoms with Crippen molar-refractivity contribution < 1.29 is 19.1 Å². The molecule has 4 nitrogen and oxygen atoms in total. The number of aryl methyl sites for hydroxylation is 1. The third kappa shape index (κ3) is 3.11. The lowest BCUT2D eigenvalue weighted by Gasteiger charge is -2.64. The van der Waals surface area contributed by atoms with Gasteiger partial charge in [-0.3, -0.25) is 4.79 Å². The van der Waals surface area contributed by atoms with Crippen molar-refractivity contribution in [1.29, 1.82) is 0 Å². The molecule has 2 unspecified atom stereocenters. The SMILES string of the molecule is CC(=O)O[C@@H]1CC(C)[C@](O)(CCc2ccoc2)[C@@]2(C)CCCC(C)(C)C12. The zero-order valence-electron chi connectivity index (χ0n) is 16.9. The second-order valence-electron chi connectivity index (χ2n) is 9.58. The normalized spacial score (nSPS) is 39.2. The minimum absolute atomic E-state index is 0.0386. The molecule has 0 aliphatic heterocycles. The number of furan rings is 1. The van der Waals surface area contributed by atoms with Crippen LogP contribution in [0.5, 0.6) is 0 Å². The summed E-state index contributed by atoms with van der Waals surface area (Å²) >= 11 is 0. The fourth-order valence-electron chi connectivity index (χ4n) is 6.36. The highest BCUT2D eigenvalue weighted by Gasteiger charge is 2.64. The molecule has 4 heteroatoms. The fourth-order valence-corrected chi connectivity index (χ4v) is 6.36. The molecular weight excluding hydrogens is 328 g/mol. The Kier molecular flexibility index (Phi) is 5.02. The van der Waals surface area contributed by atoms with E-state index in [0.29, 0.717) is 6.42 Å². The summed E-state index contributed by atoms with van der Waals surface area (Å²) in [5.74, 6) is 0.0295. The maximum absolute atomic E-state index is 12.0. The number of rotatable bonds is 4. The van der Waals surface area contributed by atoms with Gasteiger partial charge in [-0.1, -0.05) is 34.1 Å². The average molecular weight is 363 g/mol. The Balaban J connectivity index is 1.96. The van der Waals surface area contributed by atoms with Crippen molar-refractivity contribution in [2.75, 3.05) is 0 Å². The van der Waals surface area contributed by atoms with Crippen LogP contribution >= 0.6 is 0 Å². The molecule has 0 radical (unpaired) electrons. The molecule has 0 bridgehead atoms. The molecule has 146 valence electrons. The van der Waals surface area contributed by atoms with Gasteiger partial charge in [-0.25, -0.2) is 0 Å². The summed E-state index contributed by atoms with van der Waals surface area (Å²) < 4.78 is 11.0. The zero-order valence-corrected chi connectivity index (χ0v) is 16.9. The second kappa shape index (κ2) is 6.70. The number of carbonyl (C=O) groups is 1. The van der Waals surface area contributed by atoms with Gasteiger partial charge in [-0.15, -0.1) is 0 Å². The number of hydrogen-bond acceptors (Lipinski definition) is 4. The van der Waals surface area contributed by atoms with Crippen LogP contribution in [0.1, 0.15) is 72.3 Å². The summed E-state index contributed by atoms with van der Waals surface area (Å²) in [6, 6.07) is 1.98. The van der Waals surface area contributed by atoms with Crippen LogP contribution in [0.25, 0.3) is 0 Å². The molecule has 1 aromatic heterocycles. The molecule has 0 spiro atoms. The van der Waals surface area contributed by atoms with E-state index < -0.39 is 5.60 Å². The molecule has 5 atom stereocenters. The monoisotopic (exact) mass is 362 g/mol. The summed E-state index contributed by atoms with van der Waals surface area (Å²) in [6.07, 6.45) is 8.78. The van der Waals surface area contributed by atoms with Gasteiger partial charge >= 0.3 is 5.97 Å². The number of ether oxygens (including phenoxy) is 1. The Hall–Kier alpha value is -1.29. The van der Waals surface area contributed by atoms with E-state index in [4.69, 9.17) is 9.15 Å². The molecule has 1 N–H and O–H groups in total. The number of aliphatic hydroxyl groups is 1. The quantitative estimate of drug-likeness (QED) is 0.786. The predicted molar refractivity (Wildman–Crippen MR) is 101 cm³/mol. The van der Waals surface area contributed by atoms with E-state index >= 15 is 0 Å². The van der Waals surface area contributed by atoms with E-state index in [2.05, 4.69) is 27.7 Å². The van der Waals surface area contributed by atoms with Crippen molar-refractivity contribution >= 4 is 5.97 Å². The molecule has 1 aromatic rings. The van der Waals surface area contributed by atoms with Crippen molar-refractivity contribution in [2.24, 2.45) is 22.7 Å². The molecule has 2 saturated carbocycles. The molecular formula is C22H34O4. The Morgan fingerprint density at radius 3 is 2.69 bits per heavy atom. The molecule has 3 rings (SSSR count). The third-order valence-electron chi connectivity index (χ3n) is 7.50. The van der Waals surface area contributed by atoms with Crippen LogP contribution in [0, 0.1) is 22.7 Å². The van der Waals surface area contributed by atoms with Crippen molar-refractivity contribution in [1.82, 2.24) is 0 Å². The Morgan fingerprint density at radius 2 is 2.08 bits per heavy atom. The van der Waals surface area contributed by atoms with Crippen molar-refractivity contribution in [3.63, 3.8) is 0 Å². The molecule has 0 aromatic carbocycles. The molecule has 1 heterocycles. The zero-order chi connectivity index (χ0) is 19.2. The number of fused-ring (bicyclic) bond motifs is 1. The molecule has 2 fully saturated rings. The minimum Gasteiger partial charge on any atom is -0.472 e. The third-order valence-corrected chi connectivity index (χ3v) is 7.50. The lowest BCUT2D eigenvalue weighted by Crippen LogP contribution is -2.66. The molecule has 2 aliphatic carbocycles. The lowest BCUT2D eigenvalue weighted by atomic mass is 9.43. The second-order valence-corrected chi connectivity index (χ2v) is 9.58. The fraction of sp³-hybridized carbons (Fsp3) is 0.773. The average Bonchev–Trinajstić information content (AvgIpc) is 3.03. The van der Waals surface area contributed by atoms with E-state index in [1.807, 2.05) is 6.07 Å². The van der Waals surface area contributed by atoms with Gasteiger partial charge in [0.25, 0.3) is 0 Å². The first-order chi connectivity index (χ1) is 12.1. The molecule has 0 amide bonds. The van der Waals surface area contributed by atoms with E-state index in [-0.39, 0.29) is 34.7 Å². The maximum Gasteiger partial charge on any atom is 0.302 e. The van der Waals surface area contributed by atoms with E-state index in [9.17, 15) is 9.90 Å². The highest BCUT2D eigenvalue weighted by Crippen LogP contribution is 2.64. The van der Waals surface area contributed by atoms with Gasteiger partial charge in [0.15, 0.2) is 0 Å². The van der Waals surface area contributed by atoms with Gasteiger partial charge in [0.2, 0.25) is 0 Å². The molecule has 26 heavy (non-hydrogen) atoms. The van der Waals surface area contributed by atoms with Gasteiger partial charge in [0.1, 0.15) is 6.10 Å². The Morgan fingerprint density at radius 1 is 1.35 bits per heavy atom. The number of carbonyl (C=O) groups excluding carboxylic acids is 1.